The number of hydrogen-bond acceptors (Lipinski definition) is 3. The fourth-order valence-corrected chi connectivity index (χ4v) is 3.81. The smallest absolute Gasteiger partial charge is 0.293 e. The monoisotopic (exact) mass is 408 g/mol. The van der Waals surface area contributed by atoms with Crippen LogP contribution in [0.25, 0.3) is 11.8 Å². The van der Waals surface area contributed by atoms with Crippen molar-refractivity contribution >= 4 is 44.9 Å². The van der Waals surface area contributed by atoms with Crippen LogP contribution in [0.5, 0.6) is 0 Å². The Kier molecular flexibility index (Phi) is 4.40. The van der Waals surface area contributed by atoms with Gasteiger partial charge in [0.15, 0.2) is 0 Å². The highest BCUT2D eigenvalue weighted by Gasteiger charge is 2.32. The lowest BCUT2D eigenvalue weighted by molar-refractivity contribution is -0.121. The number of likely N-dealkylation sites (N-methyl/N-ethyl adjacent to an activating group) is 1. The molecule has 2 amide bonds. The molecule has 0 bridgehead atoms. The van der Waals surface area contributed by atoms with Gasteiger partial charge in [0.05, 0.1) is 10.6 Å². The van der Waals surface area contributed by atoms with E-state index in [1.54, 1.807) is 22.8 Å². The second-order valence-electron chi connectivity index (χ2n) is 5.50. The Morgan fingerprint density at radius 2 is 1.92 bits per heavy atom. The number of amides is 2. The van der Waals surface area contributed by atoms with Gasteiger partial charge in [0.1, 0.15) is 5.82 Å². The Hall–Kier alpha value is -1.86. The quantitative estimate of drug-likeness (QED) is 0.678. The van der Waals surface area contributed by atoms with Crippen LogP contribution < -0.4 is 0 Å². The number of hydrogen-bond donors (Lipinski definition) is 0. The van der Waals surface area contributed by atoms with Crippen molar-refractivity contribution in [2.24, 2.45) is 0 Å². The number of benzene rings is 1. The Labute approximate surface area is 151 Å². The standard InChI is InChI=1S/C17H14BrFN2O2S/c1-9-6-11(7-15-16(22)20(3)17(23)24-15)10(2)21(9)14-5-4-12(18)8-13(14)19/h4-8H,1-3H3/b15-7-. The fraction of sp³-hybridized carbons (Fsp3) is 0.176. The predicted molar refractivity (Wildman–Crippen MR) is 96.6 cm³/mol. The molecule has 1 saturated heterocycles. The number of carbonyl (C=O) groups excluding carboxylic acids is 2. The van der Waals surface area contributed by atoms with Crippen molar-refractivity contribution in [1.82, 2.24) is 9.47 Å². The van der Waals surface area contributed by atoms with Crippen LogP contribution in [0.4, 0.5) is 9.18 Å². The van der Waals surface area contributed by atoms with E-state index in [2.05, 4.69) is 15.9 Å². The first-order valence-corrected chi connectivity index (χ1v) is 8.76. The first kappa shape index (κ1) is 17.0. The Morgan fingerprint density at radius 3 is 2.50 bits per heavy atom. The van der Waals surface area contributed by atoms with Gasteiger partial charge >= 0.3 is 0 Å². The van der Waals surface area contributed by atoms with E-state index < -0.39 is 0 Å². The zero-order valence-electron chi connectivity index (χ0n) is 13.3. The molecule has 124 valence electrons. The molecule has 4 nitrogen and oxygen atoms in total. The van der Waals surface area contributed by atoms with Crippen molar-refractivity contribution in [2.45, 2.75) is 13.8 Å². The number of thioether (sulfide) groups is 1. The second-order valence-corrected chi connectivity index (χ2v) is 7.41. The summed E-state index contributed by atoms with van der Waals surface area (Å²) < 4.78 is 16.8. The third-order valence-electron chi connectivity index (χ3n) is 3.89. The zero-order chi connectivity index (χ0) is 17.6. The summed E-state index contributed by atoms with van der Waals surface area (Å²) in [6.07, 6.45) is 1.68. The number of aryl methyl sites for hydroxylation is 1. The number of rotatable bonds is 2. The maximum Gasteiger partial charge on any atom is 0.293 e. The SMILES string of the molecule is Cc1cc(/C=C2\SC(=O)N(C)C2=O)c(C)n1-c1ccc(Br)cc1F. The van der Waals surface area contributed by atoms with Crippen molar-refractivity contribution in [3.8, 4) is 5.69 Å². The van der Waals surface area contributed by atoms with E-state index >= 15 is 0 Å². The van der Waals surface area contributed by atoms with E-state index in [9.17, 15) is 14.0 Å². The van der Waals surface area contributed by atoms with Crippen LogP contribution in [-0.2, 0) is 4.79 Å². The Bertz CT molecular complexity index is 904. The van der Waals surface area contributed by atoms with E-state index in [-0.39, 0.29) is 17.0 Å². The molecule has 1 aliphatic heterocycles. The van der Waals surface area contributed by atoms with E-state index in [4.69, 9.17) is 0 Å². The normalized spacial score (nSPS) is 16.5. The molecule has 7 heteroatoms. The van der Waals surface area contributed by atoms with Crippen LogP contribution in [-0.4, -0.2) is 27.7 Å². The van der Waals surface area contributed by atoms with Crippen molar-refractivity contribution in [3.63, 3.8) is 0 Å². The minimum absolute atomic E-state index is 0.293. The van der Waals surface area contributed by atoms with Gasteiger partial charge in [-0.25, -0.2) is 4.39 Å². The zero-order valence-corrected chi connectivity index (χ0v) is 15.7. The van der Waals surface area contributed by atoms with Gasteiger partial charge in [-0.1, -0.05) is 15.9 Å². The minimum atomic E-state index is -0.341. The number of aromatic nitrogens is 1. The summed E-state index contributed by atoms with van der Waals surface area (Å²) in [7, 11) is 1.46. The van der Waals surface area contributed by atoms with Crippen LogP contribution in [0.1, 0.15) is 17.0 Å². The van der Waals surface area contributed by atoms with Crippen molar-refractivity contribution in [3.05, 3.63) is 56.4 Å². The molecule has 0 saturated carbocycles. The van der Waals surface area contributed by atoms with E-state index in [0.29, 0.717) is 15.1 Å². The van der Waals surface area contributed by atoms with Gasteiger partial charge in [-0.2, -0.15) is 0 Å². The van der Waals surface area contributed by atoms with Crippen molar-refractivity contribution < 1.29 is 14.0 Å². The average Bonchev–Trinajstić information content (AvgIpc) is 2.92. The van der Waals surface area contributed by atoms with Gasteiger partial charge in [0.25, 0.3) is 11.1 Å². The molecule has 1 aliphatic rings. The highest BCUT2D eigenvalue weighted by Crippen LogP contribution is 2.33. The molecule has 0 unspecified atom stereocenters. The maximum absolute atomic E-state index is 14.3. The fourth-order valence-electron chi connectivity index (χ4n) is 2.65. The highest BCUT2D eigenvalue weighted by atomic mass is 79.9. The highest BCUT2D eigenvalue weighted by molar-refractivity contribution is 9.10. The number of nitrogens with zero attached hydrogens (tertiary/aromatic N) is 2. The number of carbonyl (C=O) groups is 2. The summed E-state index contributed by atoms with van der Waals surface area (Å²) in [6.45, 7) is 3.73. The molecule has 0 N–H and O–H groups in total. The largest absolute Gasteiger partial charge is 0.315 e. The lowest BCUT2D eigenvalue weighted by atomic mass is 10.2. The molecule has 1 fully saturated rings. The van der Waals surface area contributed by atoms with Crippen LogP contribution >= 0.6 is 27.7 Å². The van der Waals surface area contributed by atoms with Crippen LogP contribution in [0, 0.1) is 19.7 Å². The summed E-state index contributed by atoms with van der Waals surface area (Å²) in [5, 5.41) is -0.293. The number of imide groups is 1. The first-order chi connectivity index (χ1) is 11.3. The van der Waals surface area contributed by atoms with Crippen LogP contribution in [0.3, 0.4) is 0 Å². The summed E-state index contributed by atoms with van der Waals surface area (Å²) in [4.78, 5) is 25.1. The molecule has 0 atom stereocenters. The molecule has 24 heavy (non-hydrogen) atoms. The molecule has 0 spiro atoms. The second kappa shape index (κ2) is 6.22. The van der Waals surface area contributed by atoms with Crippen LogP contribution in [0.2, 0.25) is 0 Å². The summed E-state index contributed by atoms with van der Waals surface area (Å²) >= 11 is 4.16. The van der Waals surface area contributed by atoms with Gasteiger partial charge in [-0.15, -0.1) is 0 Å². The predicted octanol–water partition coefficient (Wildman–Crippen LogP) is 4.66. The van der Waals surface area contributed by atoms with E-state index in [1.807, 2.05) is 19.9 Å². The first-order valence-electron chi connectivity index (χ1n) is 7.15. The topological polar surface area (TPSA) is 42.3 Å². The summed E-state index contributed by atoms with van der Waals surface area (Å²) in [5.74, 6) is -0.656. The molecule has 2 heterocycles. The third-order valence-corrected chi connectivity index (χ3v) is 5.35. The molecule has 3 rings (SSSR count). The van der Waals surface area contributed by atoms with E-state index in [0.717, 1.165) is 33.6 Å². The van der Waals surface area contributed by atoms with Gasteiger partial charge in [0.2, 0.25) is 0 Å². The molecule has 0 radical (unpaired) electrons. The van der Waals surface area contributed by atoms with Gasteiger partial charge < -0.3 is 4.57 Å². The third kappa shape index (κ3) is 2.82. The lowest BCUT2D eigenvalue weighted by Gasteiger charge is -2.11. The molecular weight excluding hydrogens is 395 g/mol. The minimum Gasteiger partial charge on any atom is -0.315 e. The maximum atomic E-state index is 14.3. The van der Waals surface area contributed by atoms with Crippen molar-refractivity contribution in [1.29, 1.82) is 0 Å². The Balaban J connectivity index is 2.08. The molecular formula is C17H14BrFN2O2S. The molecule has 1 aromatic carbocycles. The van der Waals surface area contributed by atoms with Gasteiger partial charge in [0, 0.05) is 22.9 Å². The number of halogens is 2. The van der Waals surface area contributed by atoms with Gasteiger partial charge in [-0.05, 0) is 61.5 Å². The summed E-state index contributed by atoms with van der Waals surface area (Å²) in [5.41, 5.74) is 2.87. The average molecular weight is 409 g/mol. The Morgan fingerprint density at radius 1 is 1.21 bits per heavy atom. The van der Waals surface area contributed by atoms with Crippen molar-refractivity contribution in [2.75, 3.05) is 7.05 Å². The molecule has 1 aromatic heterocycles. The van der Waals surface area contributed by atoms with Gasteiger partial charge in [-0.3, -0.25) is 14.5 Å². The summed E-state index contributed by atoms with van der Waals surface area (Å²) in [6, 6.07) is 6.76. The molecule has 0 aliphatic carbocycles. The molecule has 2 aromatic rings. The lowest BCUT2D eigenvalue weighted by Crippen LogP contribution is -2.22. The van der Waals surface area contributed by atoms with E-state index in [1.165, 1.54) is 13.1 Å². The van der Waals surface area contributed by atoms with Crippen LogP contribution in [0.15, 0.2) is 33.6 Å².